The molecule has 0 bridgehead atoms. The van der Waals surface area contributed by atoms with Gasteiger partial charge in [0, 0.05) is 17.5 Å². The highest BCUT2D eigenvalue weighted by Gasteiger charge is 2.16. The minimum atomic E-state index is -0.342. The fourth-order valence-corrected chi connectivity index (χ4v) is 3.83. The van der Waals surface area contributed by atoms with Crippen molar-refractivity contribution in [3.05, 3.63) is 65.7 Å². The van der Waals surface area contributed by atoms with Crippen molar-refractivity contribution in [1.82, 2.24) is 31.1 Å². The predicted molar refractivity (Wildman–Crippen MR) is 116 cm³/mol. The van der Waals surface area contributed by atoms with Crippen LogP contribution in [0.1, 0.15) is 54.4 Å². The molecule has 1 fully saturated rings. The van der Waals surface area contributed by atoms with Gasteiger partial charge in [0.2, 0.25) is 11.7 Å². The molecule has 0 radical (unpaired) electrons. The van der Waals surface area contributed by atoms with Crippen molar-refractivity contribution < 1.29 is 9.59 Å². The monoisotopic (exact) mass is 418 g/mol. The molecular formula is C23H26N6O2. The van der Waals surface area contributed by atoms with Gasteiger partial charge in [-0.1, -0.05) is 68.1 Å². The van der Waals surface area contributed by atoms with Gasteiger partial charge in [-0.25, -0.2) is 0 Å². The van der Waals surface area contributed by atoms with Crippen LogP contribution in [0.15, 0.2) is 54.6 Å². The van der Waals surface area contributed by atoms with Crippen LogP contribution >= 0.6 is 0 Å². The van der Waals surface area contributed by atoms with Crippen LogP contribution in [-0.2, 0) is 11.3 Å². The Bertz CT molecular complexity index is 1010. The van der Waals surface area contributed by atoms with Gasteiger partial charge in [-0.2, -0.15) is 4.80 Å². The van der Waals surface area contributed by atoms with Crippen molar-refractivity contribution in [2.75, 3.05) is 0 Å². The Labute approximate surface area is 181 Å². The SMILES string of the molecule is O=C(CCC1CCCC1)NNC(=O)c1ccc(Cn2nnc(-c3ccccc3)n2)cc1. The average molecular weight is 419 g/mol. The lowest BCUT2D eigenvalue weighted by atomic mass is 10.0. The quantitative estimate of drug-likeness (QED) is 0.574. The molecule has 1 saturated carbocycles. The Balaban J connectivity index is 1.25. The molecule has 4 rings (SSSR count). The Morgan fingerprint density at radius 1 is 0.968 bits per heavy atom. The molecule has 0 atom stereocenters. The van der Waals surface area contributed by atoms with Crippen LogP contribution in [0.4, 0.5) is 0 Å². The number of amides is 2. The number of aromatic nitrogens is 4. The van der Waals surface area contributed by atoms with E-state index in [-0.39, 0.29) is 11.8 Å². The predicted octanol–water partition coefficient (Wildman–Crippen LogP) is 3.12. The fourth-order valence-electron chi connectivity index (χ4n) is 3.83. The summed E-state index contributed by atoms with van der Waals surface area (Å²) in [7, 11) is 0. The van der Waals surface area contributed by atoms with Gasteiger partial charge < -0.3 is 0 Å². The zero-order valence-electron chi connectivity index (χ0n) is 17.3. The van der Waals surface area contributed by atoms with E-state index in [1.54, 1.807) is 12.1 Å². The van der Waals surface area contributed by atoms with Crippen LogP contribution in [0.2, 0.25) is 0 Å². The Morgan fingerprint density at radius 2 is 1.71 bits per heavy atom. The first kappa shape index (κ1) is 20.7. The maximum absolute atomic E-state index is 12.3. The van der Waals surface area contributed by atoms with Gasteiger partial charge in [0.05, 0.1) is 6.54 Å². The minimum absolute atomic E-state index is 0.150. The van der Waals surface area contributed by atoms with E-state index >= 15 is 0 Å². The van der Waals surface area contributed by atoms with Gasteiger partial charge in [-0.15, -0.1) is 10.2 Å². The summed E-state index contributed by atoms with van der Waals surface area (Å²) in [5.74, 6) is 0.729. The van der Waals surface area contributed by atoms with Crippen LogP contribution in [0.3, 0.4) is 0 Å². The maximum atomic E-state index is 12.3. The fraction of sp³-hybridized carbons (Fsp3) is 0.348. The summed E-state index contributed by atoms with van der Waals surface area (Å²) in [6, 6.07) is 16.8. The number of rotatable bonds is 7. The lowest BCUT2D eigenvalue weighted by Crippen LogP contribution is -2.41. The van der Waals surface area contributed by atoms with Gasteiger partial charge in [-0.05, 0) is 35.2 Å². The summed E-state index contributed by atoms with van der Waals surface area (Å²) in [4.78, 5) is 25.7. The van der Waals surface area contributed by atoms with Gasteiger partial charge in [0.15, 0.2) is 0 Å². The van der Waals surface area contributed by atoms with Crippen molar-refractivity contribution >= 4 is 11.8 Å². The molecule has 2 N–H and O–H groups in total. The summed E-state index contributed by atoms with van der Waals surface area (Å²) in [5, 5.41) is 12.6. The molecule has 0 aliphatic heterocycles. The molecule has 160 valence electrons. The summed E-state index contributed by atoms with van der Waals surface area (Å²) < 4.78 is 0. The second kappa shape index (κ2) is 9.97. The Morgan fingerprint density at radius 3 is 2.45 bits per heavy atom. The molecule has 0 spiro atoms. The Kier molecular flexibility index (Phi) is 6.66. The molecule has 1 aliphatic carbocycles. The highest BCUT2D eigenvalue weighted by molar-refractivity contribution is 5.95. The normalized spacial score (nSPS) is 13.8. The van der Waals surface area contributed by atoms with Crippen LogP contribution < -0.4 is 10.9 Å². The van der Waals surface area contributed by atoms with E-state index < -0.39 is 0 Å². The number of nitrogens with one attached hydrogen (secondary N) is 2. The van der Waals surface area contributed by atoms with Gasteiger partial charge in [-0.3, -0.25) is 20.4 Å². The number of nitrogens with zero attached hydrogens (tertiary/aromatic N) is 4. The van der Waals surface area contributed by atoms with Gasteiger partial charge >= 0.3 is 0 Å². The highest BCUT2D eigenvalue weighted by atomic mass is 16.2. The summed E-state index contributed by atoms with van der Waals surface area (Å²) in [6.07, 6.45) is 6.28. The third kappa shape index (κ3) is 5.75. The van der Waals surface area contributed by atoms with Crippen molar-refractivity contribution in [2.45, 2.75) is 45.1 Å². The summed E-state index contributed by atoms with van der Waals surface area (Å²) in [5.41, 5.74) is 7.31. The van der Waals surface area contributed by atoms with E-state index in [1.165, 1.54) is 30.5 Å². The standard InChI is InChI=1S/C23H26N6O2/c30-21(15-12-17-6-4-5-7-17)24-26-23(31)20-13-10-18(11-14-20)16-29-27-22(25-28-29)19-8-2-1-3-9-19/h1-3,8-11,13-14,17H,4-7,12,15-16H2,(H,24,30)(H,26,31). The van der Waals surface area contributed by atoms with Crippen LogP contribution in [0, 0.1) is 5.92 Å². The molecule has 8 heteroatoms. The van der Waals surface area contributed by atoms with Crippen molar-refractivity contribution in [3.63, 3.8) is 0 Å². The molecule has 1 aromatic heterocycles. The molecule has 31 heavy (non-hydrogen) atoms. The number of benzene rings is 2. The number of tetrazole rings is 1. The third-order valence-corrected chi connectivity index (χ3v) is 5.59. The smallest absolute Gasteiger partial charge is 0.269 e. The first-order valence-corrected chi connectivity index (χ1v) is 10.7. The highest BCUT2D eigenvalue weighted by Crippen LogP contribution is 2.28. The number of carbonyl (C=O) groups excluding carboxylic acids is 2. The van der Waals surface area contributed by atoms with Crippen molar-refractivity contribution in [2.24, 2.45) is 5.92 Å². The van der Waals surface area contributed by atoms with Crippen LogP contribution in [0.5, 0.6) is 0 Å². The van der Waals surface area contributed by atoms with Crippen molar-refractivity contribution in [1.29, 1.82) is 0 Å². The van der Waals surface area contributed by atoms with Crippen molar-refractivity contribution in [3.8, 4) is 11.4 Å². The van der Waals surface area contributed by atoms with Crippen LogP contribution in [-0.4, -0.2) is 32.0 Å². The minimum Gasteiger partial charge on any atom is -0.273 e. The molecule has 2 amide bonds. The molecule has 8 nitrogen and oxygen atoms in total. The van der Waals surface area contributed by atoms with Gasteiger partial charge in [0.25, 0.3) is 5.91 Å². The molecule has 1 heterocycles. The molecule has 0 unspecified atom stereocenters. The van der Waals surface area contributed by atoms with E-state index in [9.17, 15) is 9.59 Å². The number of hydrogen-bond acceptors (Lipinski definition) is 5. The second-order valence-electron chi connectivity index (χ2n) is 7.90. The van der Waals surface area contributed by atoms with Crippen LogP contribution in [0.25, 0.3) is 11.4 Å². The maximum Gasteiger partial charge on any atom is 0.269 e. The molecule has 2 aromatic carbocycles. The lowest BCUT2D eigenvalue weighted by molar-refractivity contribution is -0.122. The second-order valence-corrected chi connectivity index (χ2v) is 7.90. The molecular weight excluding hydrogens is 392 g/mol. The molecule has 0 saturated heterocycles. The molecule has 1 aliphatic rings. The summed E-state index contributed by atoms with van der Waals surface area (Å²) >= 11 is 0. The van der Waals surface area contributed by atoms with E-state index in [0.717, 1.165) is 17.5 Å². The Hall–Kier alpha value is -3.55. The lowest BCUT2D eigenvalue weighted by Gasteiger charge is -2.10. The zero-order chi connectivity index (χ0) is 21.5. The number of hydrazine groups is 1. The van der Waals surface area contributed by atoms with E-state index in [4.69, 9.17) is 0 Å². The first-order valence-electron chi connectivity index (χ1n) is 10.7. The third-order valence-electron chi connectivity index (χ3n) is 5.59. The molecule has 3 aromatic rings. The van der Waals surface area contributed by atoms with E-state index in [0.29, 0.717) is 30.3 Å². The largest absolute Gasteiger partial charge is 0.273 e. The number of hydrogen-bond donors (Lipinski definition) is 2. The first-order chi connectivity index (χ1) is 15.2. The topological polar surface area (TPSA) is 102 Å². The average Bonchev–Trinajstić information content (AvgIpc) is 3.49. The van der Waals surface area contributed by atoms with E-state index in [1.807, 2.05) is 42.5 Å². The number of carbonyl (C=O) groups is 2. The zero-order valence-corrected chi connectivity index (χ0v) is 17.3. The van der Waals surface area contributed by atoms with E-state index in [2.05, 4.69) is 26.3 Å². The van der Waals surface area contributed by atoms with Gasteiger partial charge in [0.1, 0.15) is 0 Å². The summed E-state index contributed by atoms with van der Waals surface area (Å²) in [6.45, 7) is 0.444.